The van der Waals surface area contributed by atoms with E-state index in [4.69, 9.17) is 9.47 Å². The molecule has 1 heterocycles. The smallest absolute Gasteiger partial charge is 0.338 e. The Bertz CT molecular complexity index is 475. The van der Waals surface area contributed by atoms with Crippen LogP contribution in [-0.4, -0.2) is 34.7 Å². The maximum absolute atomic E-state index is 11.9. The summed E-state index contributed by atoms with van der Waals surface area (Å²) in [6.45, 7) is 4.86. The van der Waals surface area contributed by atoms with E-state index < -0.39 is 10.8 Å². The standard InChI is InChI=1S/C15H20O4S/c1-11(2)20(17)14-7-5-12(6-8-14)15(16)19-10-13-4-3-9-18-13/h5-8,11,13H,3-4,9-10H2,1-2H3/t13-,20-/m1/s1. The zero-order chi connectivity index (χ0) is 14.5. The number of carbonyl (C=O) groups is 1. The molecular weight excluding hydrogens is 276 g/mol. The van der Waals surface area contributed by atoms with Crippen molar-refractivity contribution < 1.29 is 18.5 Å². The van der Waals surface area contributed by atoms with Crippen LogP contribution in [0.5, 0.6) is 0 Å². The van der Waals surface area contributed by atoms with E-state index in [2.05, 4.69) is 0 Å². The highest BCUT2D eigenvalue weighted by Crippen LogP contribution is 2.15. The van der Waals surface area contributed by atoms with Crippen molar-refractivity contribution in [3.63, 3.8) is 0 Å². The molecule has 5 heteroatoms. The number of benzene rings is 1. The summed E-state index contributed by atoms with van der Waals surface area (Å²) in [6.07, 6.45) is 2.00. The summed E-state index contributed by atoms with van der Waals surface area (Å²) in [5, 5.41) is 0.0623. The molecule has 4 nitrogen and oxygen atoms in total. The van der Waals surface area contributed by atoms with Gasteiger partial charge in [0.25, 0.3) is 0 Å². The molecule has 0 aromatic heterocycles. The van der Waals surface area contributed by atoms with Crippen LogP contribution in [0.1, 0.15) is 37.0 Å². The first-order chi connectivity index (χ1) is 9.58. The predicted octanol–water partition coefficient (Wildman–Crippen LogP) is 2.54. The summed E-state index contributed by atoms with van der Waals surface area (Å²) in [6, 6.07) is 6.76. The second kappa shape index (κ2) is 6.99. The van der Waals surface area contributed by atoms with E-state index in [1.54, 1.807) is 24.3 Å². The third-order valence-corrected chi connectivity index (χ3v) is 4.77. The van der Waals surface area contributed by atoms with Gasteiger partial charge >= 0.3 is 5.97 Å². The van der Waals surface area contributed by atoms with Gasteiger partial charge in [0.2, 0.25) is 0 Å². The van der Waals surface area contributed by atoms with Crippen LogP contribution in [0, 0.1) is 0 Å². The van der Waals surface area contributed by atoms with Crippen LogP contribution < -0.4 is 0 Å². The molecule has 0 saturated carbocycles. The van der Waals surface area contributed by atoms with Crippen LogP contribution in [0.25, 0.3) is 0 Å². The first-order valence-corrected chi connectivity index (χ1v) is 8.08. The molecule has 1 aliphatic rings. The van der Waals surface area contributed by atoms with Crippen LogP contribution in [0.2, 0.25) is 0 Å². The molecular formula is C15H20O4S. The molecule has 1 aromatic carbocycles. The molecule has 0 bridgehead atoms. The van der Waals surface area contributed by atoms with Crippen LogP contribution in [-0.2, 0) is 20.3 Å². The minimum atomic E-state index is -1.03. The van der Waals surface area contributed by atoms with Crippen molar-refractivity contribution in [2.45, 2.75) is 42.9 Å². The highest BCUT2D eigenvalue weighted by molar-refractivity contribution is 7.85. The summed E-state index contributed by atoms with van der Waals surface area (Å²) in [4.78, 5) is 12.6. The molecule has 1 aliphatic heterocycles. The lowest BCUT2D eigenvalue weighted by atomic mass is 10.2. The van der Waals surface area contributed by atoms with Crippen molar-refractivity contribution in [1.82, 2.24) is 0 Å². The van der Waals surface area contributed by atoms with E-state index in [1.165, 1.54) is 0 Å². The number of carbonyl (C=O) groups excluding carboxylic acids is 1. The molecule has 1 saturated heterocycles. The average molecular weight is 296 g/mol. The summed E-state index contributed by atoms with van der Waals surface area (Å²) in [7, 11) is -1.03. The predicted molar refractivity (Wildman–Crippen MR) is 77.2 cm³/mol. The minimum absolute atomic E-state index is 0.0340. The maximum atomic E-state index is 11.9. The van der Waals surface area contributed by atoms with Crippen LogP contribution in [0.4, 0.5) is 0 Å². The normalized spacial score (nSPS) is 20.1. The van der Waals surface area contributed by atoms with Gasteiger partial charge in [0.1, 0.15) is 6.61 Å². The van der Waals surface area contributed by atoms with Crippen molar-refractivity contribution in [3.8, 4) is 0 Å². The Labute approximate surface area is 121 Å². The fourth-order valence-corrected chi connectivity index (χ4v) is 2.97. The van der Waals surface area contributed by atoms with Crippen molar-refractivity contribution in [2.24, 2.45) is 0 Å². The monoisotopic (exact) mass is 296 g/mol. The molecule has 0 spiro atoms. The zero-order valence-electron chi connectivity index (χ0n) is 11.8. The van der Waals surface area contributed by atoms with Crippen LogP contribution >= 0.6 is 0 Å². The maximum Gasteiger partial charge on any atom is 0.338 e. The number of hydrogen-bond acceptors (Lipinski definition) is 4. The van der Waals surface area contributed by atoms with E-state index in [0.717, 1.165) is 24.3 Å². The molecule has 0 radical (unpaired) electrons. The van der Waals surface area contributed by atoms with Crippen molar-refractivity contribution in [1.29, 1.82) is 0 Å². The zero-order valence-corrected chi connectivity index (χ0v) is 12.7. The molecule has 0 unspecified atom stereocenters. The van der Waals surface area contributed by atoms with Crippen molar-refractivity contribution in [3.05, 3.63) is 29.8 Å². The summed E-state index contributed by atoms with van der Waals surface area (Å²) >= 11 is 0. The van der Waals surface area contributed by atoms with Gasteiger partial charge in [-0.2, -0.15) is 0 Å². The Morgan fingerprint density at radius 2 is 2.10 bits per heavy atom. The van der Waals surface area contributed by atoms with E-state index >= 15 is 0 Å². The minimum Gasteiger partial charge on any atom is -0.459 e. The third kappa shape index (κ3) is 3.90. The van der Waals surface area contributed by atoms with E-state index in [-0.39, 0.29) is 17.3 Å². The lowest BCUT2D eigenvalue weighted by molar-refractivity contribution is 0.0161. The Morgan fingerprint density at radius 3 is 2.65 bits per heavy atom. The molecule has 0 aliphatic carbocycles. The molecule has 1 fully saturated rings. The van der Waals surface area contributed by atoms with E-state index in [1.807, 2.05) is 13.8 Å². The molecule has 110 valence electrons. The van der Waals surface area contributed by atoms with Crippen molar-refractivity contribution >= 4 is 16.8 Å². The lowest BCUT2D eigenvalue weighted by Crippen LogP contribution is -2.17. The SMILES string of the molecule is CC(C)[S@@](=O)c1ccc(C(=O)OC[C@H]2CCCO2)cc1. The number of rotatable bonds is 5. The van der Waals surface area contributed by atoms with Gasteiger partial charge in [-0.1, -0.05) is 13.8 Å². The van der Waals surface area contributed by atoms with E-state index in [9.17, 15) is 9.00 Å². The largest absolute Gasteiger partial charge is 0.459 e. The molecule has 1 aromatic rings. The van der Waals surface area contributed by atoms with Crippen LogP contribution in [0.15, 0.2) is 29.2 Å². The van der Waals surface area contributed by atoms with Gasteiger partial charge in [0.15, 0.2) is 0 Å². The van der Waals surface area contributed by atoms with Gasteiger partial charge in [-0.15, -0.1) is 0 Å². The molecule has 0 N–H and O–H groups in total. The number of esters is 1. The third-order valence-electron chi connectivity index (χ3n) is 3.17. The number of hydrogen-bond donors (Lipinski definition) is 0. The summed E-state index contributed by atoms with van der Waals surface area (Å²) < 4.78 is 22.5. The first kappa shape index (κ1) is 15.2. The number of ether oxygens (including phenoxy) is 2. The topological polar surface area (TPSA) is 52.6 Å². The van der Waals surface area contributed by atoms with Crippen molar-refractivity contribution in [2.75, 3.05) is 13.2 Å². The quantitative estimate of drug-likeness (QED) is 0.784. The fraction of sp³-hybridized carbons (Fsp3) is 0.533. The van der Waals surface area contributed by atoms with Gasteiger partial charge in [-0.05, 0) is 37.1 Å². The summed E-state index contributed by atoms with van der Waals surface area (Å²) in [5.41, 5.74) is 0.479. The Kier molecular flexibility index (Phi) is 5.31. The van der Waals surface area contributed by atoms with Gasteiger partial charge in [-0.25, -0.2) is 4.79 Å². The average Bonchev–Trinajstić information content (AvgIpc) is 2.97. The Morgan fingerprint density at radius 1 is 1.40 bits per heavy atom. The second-order valence-electron chi connectivity index (χ2n) is 5.10. The molecule has 2 rings (SSSR count). The molecule has 20 heavy (non-hydrogen) atoms. The highest BCUT2D eigenvalue weighted by Gasteiger charge is 2.18. The van der Waals surface area contributed by atoms with Gasteiger partial charge < -0.3 is 9.47 Å². The molecule has 2 atom stereocenters. The van der Waals surface area contributed by atoms with Crippen LogP contribution in [0.3, 0.4) is 0 Å². The highest BCUT2D eigenvalue weighted by atomic mass is 32.2. The Hall–Kier alpha value is -1.20. The van der Waals surface area contributed by atoms with Gasteiger partial charge in [0, 0.05) is 16.8 Å². The molecule has 0 amide bonds. The van der Waals surface area contributed by atoms with E-state index in [0.29, 0.717) is 12.2 Å². The Balaban J connectivity index is 1.91. The second-order valence-corrected chi connectivity index (χ2v) is 7.11. The fourth-order valence-electron chi connectivity index (χ4n) is 2.03. The van der Waals surface area contributed by atoms with Gasteiger partial charge in [-0.3, -0.25) is 4.21 Å². The first-order valence-electron chi connectivity index (χ1n) is 6.87. The van der Waals surface area contributed by atoms with Gasteiger partial charge in [0.05, 0.1) is 22.5 Å². The summed E-state index contributed by atoms with van der Waals surface area (Å²) in [5.74, 6) is -0.359. The lowest BCUT2D eigenvalue weighted by Gasteiger charge is -2.10.